The lowest BCUT2D eigenvalue weighted by molar-refractivity contribution is 0.0693. The molecule has 0 amide bonds. The molecule has 2 aromatic rings. The van der Waals surface area contributed by atoms with E-state index in [-0.39, 0.29) is 17.5 Å². The molecule has 0 radical (unpaired) electrons. The molecule has 2 aromatic heterocycles. The predicted molar refractivity (Wildman–Crippen MR) is 65.0 cm³/mol. The van der Waals surface area contributed by atoms with Gasteiger partial charge in [-0.2, -0.15) is 0 Å². The molecule has 1 fully saturated rings. The number of aromatic hydroxyl groups is 1. The zero-order valence-corrected chi connectivity index (χ0v) is 9.83. The number of fused-ring (bicyclic) bond motifs is 1. The number of rotatable bonds is 2. The van der Waals surface area contributed by atoms with Crippen molar-refractivity contribution in [3.05, 3.63) is 29.7 Å². The second kappa shape index (κ2) is 4.01. The van der Waals surface area contributed by atoms with E-state index in [1.807, 2.05) is 0 Å². The summed E-state index contributed by atoms with van der Waals surface area (Å²) in [6.45, 7) is 0. The highest BCUT2D eigenvalue weighted by Gasteiger charge is 2.26. The molecular formula is C13H14N2O3. The van der Waals surface area contributed by atoms with Crippen molar-refractivity contribution in [1.29, 1.82) is 0 Å². The van der Waals surface area contributed by atoms with Crippen LogP contribution in [-0.4, -0.2) is 25.6 Å². The number of pyridine rings is 1. The van der Waals surface area contributed by atoms with Crippen LogP contribution >= 0.6 is 0 Å². The number of carboxylic acid groups (broad SMARTS) is 1. The molecule has 94 valence electrons. The number of aromatic nitrogens is 2. The van der Waals surface area contributed by atoms with Gasteiger partial charge in [-0.1, -0.05) is 18.9 Å². The van der Waals surface area contributed by atoms with Crippen LogP contribution in [0.4, 0.5) is 0 Å². The highest BCUT2D eigenvalue weighted by atomic mass is 16.4. The molecule has 1 aliphatic carbocycles. The fourth-order valence-electron chi connectivity index (χ4n) is 2.76. The molecule has 3 rings (SSSR count). The Bertz CT molecular complexity index is 612. The maximum absolute atomic E-state index is 11.2. The third-order valence-corrected chi connectivity index (χ3v) is 3.59. The predicted octanol–water partition coefficient (Wildman–Crippen LogP) is 2.40. The van der Waals surface area contributed by atoms with Crippen LogP contribution in [0.2, 0.25) is 0 Å². The number of hydrogen-bond acceptors (Lipinski definition) is 3. The van der Waals surface area contributed by atoms with Gasteiger partial charge >= 0.3 is 5.97 Å². The number of imidazole rings is 1. The zero-order valence-electron chi connectivity index (χ0n) is 9.83. The Hall–Kier alpha value is -2.04. The first-order valence-corrected chi connectivity index (χ1v) is 6.12. The van der Waals surface area contributed by atoms with E-state index in [0.29, 0.717) is 11.3 Å². The van der Waals surface area contributed by atoms with E-state index in [1.165, 1.54) is 0 Å². The minimum atomic E-state index is -1.05. The van der Waals surface area contributed by atoms with Gasteiger partial charge in [0.25, 0.3) is 0 Å². The van der Waals surface area contributed by atoms with Crippen LogP contribution in [-0.2, 0) is 0 Å². The van der Waals surface area contributed by atoms with Crippen molar-refractivity contribution in [2.45, 2.75) is 31.6 Å². The molecule has 5 heteroatoms. The Morgan fingerprint density at radius 1 is 1.33 bits per heavy atom. The number of nitrogens with zero attached hydrogens (tertiary/aromatic N) is 2. The maximum Gasteiger partial charge on any atom is 0.356 e. The van der Waals surface area contributed by atoms with Crippen LogP contribution < -0.4 is 0 Å². The molecule has 0 aromatic carbocycles. The second-order valence-electron chi connectivity index (χ2n) is 4.71. The van der Waals surface area contributed by atoms with Gasteiger partial charge in [0, 0.05) is 5.92 Å². The zero-order chi connectivity index (χ0) is 12.7. The molecule has 0 bridgehead atoms. The largest absolute Gasteiger partial charge is 0.494 e. The van der Waals surface area contributed by atoms with Gasteiger partial charge in [-0.15, -0.1) is 0 Å². The van der Waals surface area contributed by atoms with Gasteiger partial charge in [0.15, 0.2) is 11.6 Å². The summed E-state index contributed by atoms with van der Waals surface area (Å²) in [4.78, 5) is 15.4. The Labute approximate surface area is 104 Å². The Morgan fingerprint density at radius 3 is 2.72 bits per heavy atom. The van der Waals surface area contributed by atoms with Crippen molar-refractivity contribution in [2.24, 2.45) is 0 Å². The summed E-state index contributed by atoms with van der Waals surface area (Å²) in [6, 6.07) is 4.87. The molecule has 0 unspecified atom stereocenters. The monoisotopic (exact) mass is 246 g/mol. The molecule has 5 nitrogen and oxygen atoms in total. The van der Waals surface area contributed by atoms with Crippen LogP contribution in [0.5, 0.6) is 5.88 Å². The molecule has 0 aliphatic heterocycles. The molecule has 1 saturated carbocycles. The first-order valence-electron chi connectivity index (χ1n) is 6.12. The van der Waals surface area contributed by atoms with Crippen LogP contribution in [0.25, 0.3) is 5.52 Å². The highest BCUT2D eigenvalue weighted by molar-refractivity contribution is 5.93. The SMILES string of the molecule is O=C(O)c1nc(C2CCCC2)n2c(O)cccc12. The van der Waals surface area contributed by atoms with E-state index in [4.69, 9.17) is 0 Å². The summed E-state index contributed by atoms with van der Waals surface area (Å²) in [5.41, 5.74) is 0.484. The van der Waals surface area contributed by atoms with Gasteiger partial charge < -0.3 is 10.2 Å². The number of aromatic carboxylic acids is 1. The molecule has 1 aliphatic rings. The average Bonchev–Trinajstić information content (AvgIpc) is 2.95. The van der Waals surface area contributed by atoms with E-state index in [0.717, 1.165) is 25.7 Å². The highest BCUT2D eigenvalue weighted by Crippen LogP contribution is 2.35. The van der Waals surface area contributed by atoms with Crippen molar-refractivity contribution in [2.75, 3.05) is 0 Å². The third-order valence-electron chi connectivity index (χ3n) is 3.59. The number of hydrogen-bond donors (Lipinski definition) is 2. The van der Waals surface area contributed by atoms with E-state index in [9.17, 15) is 15.0 Å². The molecular weight excluding hydrogens is 232 g/mol. The maximum atomic E-state index is 11.2. The minimum Gasteiger partial charge on any atom is -0.494 e. The van der Waals surface area contributed by atoms with E-state index in [2.05, 4.69) is 4.98 Å². The standard InChI is InChI=1S/C13H14N2O3/c16-10-7-3-6-9-11(13(17)18)14-12(15(9)10)8-4-1-2-5-8/h3,6-8,16H,1-2,4-5H2,(H,17,18). The van der Waals surface area contributed by atoms with Crippen molar-refractivity contribution < 1.29 is 15.0 Å². The fourth-order valence-corrected chi connectivity index (χ4v) is 2.76. The molecule has 2 heterocycles. The summed E-state index contributed by atoms with van der Waals surface area (Å²) in [7, 11) is 0. The summed E-state index contributed by atoms with van der Waals surface area (Å²) < 4.78 is 1.57. The van der Waals surface area contributed by atoms with Gasteiger partial charge in [0.05, 0.1) is 5.52 Å². The van der Waals surface area contributed by atoms with Crippen LogP contribution in [0.15, 0.2) is 18.2 Å². The fraction of sp³-hybridized carbons (Fsp3) is 0.385. The van der Waals surface area contributed by atoms with Crippen LogP contribution in [0, 0.1) is 0 Å². The van der Waals surface area contributed by atoms with Gasteiger partial charge in [-0.05, 0) is 25.0 Å². The van der Waals surface area contributed by atoms with Crippen molar-refractivity contribution >= 4 is 11.5 Å². The van der Waals surface area contributed by atoms with E-state index >= 15 is 0 Å². The smallest absolute Gasteiger partial charge is 0.356 e. The van der Waals surface area contributed by atoms with Crippen molar-refractivity contribution in [1.82, 2.24) is 9.38 Å². The van der Waals surface area contributed by atoms with Crippen LogP contribution in [0.1, 0.15) is 47.9 Å². The van der Waals surface area contributed by atoms with Gasteiger partial charge in [0.1, 0.15) is 5.82 Å². The van der Waals surface area contributed by atoms with Crippen LogP contribution in [0.3, 0.4) is 0 Å². The average molecular weight is 246 g/mol. The Balaban J connectivity index is 2.27. The lowest BCUT2D eigenvalue weighted by Gasteiger charge is -2.08. The third kappa shape index (κ3) is 1.54. The molecule has 0 spiro atoms. The molecule has 18 heavy (non-hydrogen) atoms. The normalized spacial score (nSPS) is 16.4. The molecule has 0 atom stereocenters. The quantitative estimate of drug-likeness (QED) is 0.853. The Morgan fingerprint density at radius 2 is 2.06 bits per heavy atom. The molecule has 0 saturated heterocycles. The van der Waals surface area contributed by atoms with E-state index < -0.39 is 5.97 Å². The van der Waals surface area contributed by atoms with Gasteiger partial charge in [-0.25, -0.2) is 9.78 Å². The first kappa shape index (κ1) is 11.1. The molecule has 2 N–H and O–H groups in total. The van der Waals surface area contributed by atoms with Gasteiger partial charge in [0.2, 0.25) is 0 Å². The lowest BCUT2D eigenvalue weighted by atomic mass is 10.1. The summed E-state index contributed by atoms with van der Waals surface area (Å²) in [5.74, 6) is -0.0753. The lowest BCUT2D eigenvalue weighted by Crippen LogP contribution is -2.00. The van der Waals surface area contributed by atoms with Crippen molar-refractivity contribution in [3.8, 4) is 5.88 Å². The number of carboxylic acids is 1. The second-order valence-corrected chi connectivity index (χ2v) is 4.71. The summed E-state index contributed by atoms with van der Waals surface area (Å²) in [6.07, 6.45) is 4.28. The van der Waals surface area contributed by atoms with Gasteiger partial charge in [-0.3, -0.25) is 4.40 Å². The van der Waals surface area contributed by atoms with Crippen molar-refractivity contribution in [3.63, 3.8) is 0 Å². The van der Waals surface area contributed by atoms with E-state index in [1.54, 1.807) is 22.6 Å². The number of carbonyl (C=O) groups is 1. The topological polar surface area (TPSA) is 74.8 Å². The summed E-state index contributed by atoms with van der Waals surface area (Å²) in [5, 5.41) is 19.1. The first-order chi connectivity index (χ1) is 8.68. The Kier molecular flexibility index (Phi) is 2.47. The minimum absolute atomic E-state index is 0.0211. The summed E-state index contributed by atoms with van der Waals surface area (Å²) >= 11 is 0.